The van der Waals surface area contributed by atoms with E-state index in [-0.39, 0.29) is 5.84 Å². The number of benzene rings is 2. The molecule has 4 rings (SSSR count). The van der Waals surface area contributed by atoms with E-state index in [1.54, 1.807) is 0 Å². The summed E-state index contributed by atoms with van der Waals surface area (Å²) in [6.45, 7) is 5.20. The van der Waals surface area contributed by atoms with Crippen molar-refractivity contribution in [3.8, 4) is 5.75 Å². The van der Waals surface area contributed by atoms with Crippen LogP contribution in [0, 0.1) is 11.3 Å². The van der Waals surface area contributed by atoms with Gasteiger partial charge in [-0.25, -0.2) is 4.79 Å². The quantitative estimate of drug-likeness (QED) is 0.398. The molecule has 1 unspecified atom stereocenters. The number of ether oxygens (including phenoxy) is 1. The fourth-order valence-electron chi connectivity index (χ4n) is 4.41. The minimum atomic E-state index is -1.23. The van der Waals surface area contributed by atoms with Gasteiger partial charge in [-0.15, -0.1) is 0 Å². The summed E-state index contributed by atoms with van der Waals surface area (Å²) in [5.41, 5.74) is 4.20. The van der Waals surface area contributed by atoms with Crippen LogP contribution in [0.5, 0.6) is 5.75 Å². The Morgan fingerprint density at radius 2 is 2.00 bits per heavy atom. The molecule has 0 aromatic heterocycles. The molecule has 0 spiro atoms. The summed E-state index contributed by atoms with van der Waals surface area (Å²) in [5, 5.41) is 29.4. The number of piperidine rings is 1. The van der Waals surface area contributed by atoms with Crippen LogP contribution in [-0.2, 0) is 6.42 Å². The van der Waals surface area contributed by atoms with Crippen molar-refractivity contribution in [1.82, 2.24) is 15.6 Å². The summed E-state index contributed by atoms with van der Waals surface area (Å²) in [6, 6.07) is 15.7. The van der Waals surface area contributed by atoms with Crippen molar-refractivity contribution in [3.63, 3.8) is 0 Å². The van der Waals surface area contributed by atoms with Crippen molar-refractivity contribution in [2.45, 2.75) is 32.2 Å². The number of rotatable bonds is 6. The highest BCUT2D eigenvalue weighted by atomic mass is 16.5. The first-order chi connectivity index (χ1) is 16.0. The van der Waals surface area contributed by atoms with Crippen molar-refractivity contribution in [3.05, 3.63) is 65.2 Å². The maximum absolute atomic E-state index is 10.9. The first-order valence-corrected chi connectivity index (χ1v) is 11.4. The number of hydrogen-bond acceptors (Lipinski definition) is 6. The number of fused-ring (bicyclic) bond motifs is 1. The topological polar surface area (TPSA) is 110 Å². The highest BCUT2D eigenvalue weighted by molar-refractivity contribution is 5.98. The fourth-order valence-corrected chi connectivity index (χ4v) is 4.41. The Bertz CT molecular complexity index is 1020. The molecule has 1 amide bonds. The van der Waals surface area contributed by atoms with Gasteiger partial charge in [-0.1, -0.05) is 36.4 Å². The van der Waals surface area contributed by atoms with Gasteiger partial charge in [0, 0.05) is 19.6 Å². The molecular weight excluding hydrogens is 418 g/mol. The van der Waals surface area contributed by atoms with E-state index in [0.717, 1.165) is 60.5 Å². The van der Waals surface area contributed by atoms with Gasteiger partial charge in [0.25, 0.3) is 0 Å². The van der Waals surface area contributed by atoms with Gasteiger partial charge in [-0.05, 0) is 60.9 Å². The zero-order valence-corrected chi connectivity index (χ0v) is 18.9. The third-order valence-electron chi connectivity index (χ3n) is 6.26. The number of nitrogens with one attached hydrogen (secondary N) is 3. The van der Waals surface area contributed by atoms with E-state index in [1.165, 1.54) is 0 Å². The molecule has 0 saturated carbocycles. The van der Waals surface area contributed by atoms with Crippen LogP contribution in [0.15, 0.2) is 53.6 Å². The molecule has 33 heavy (non-hydrogen) atoms. The molecule has 0 aliphatic carbocycles. The molecule has 4 N–H and O–H groups in total. The predicted octanol–water partition coefficient (Wildman–Crippen LogP) is 3.63. The van der Waals surface area contributed by atoms with Crippen molar-refractivity contribution < 1.29 is 14.6 Å². The zero-order valence-electron chi connectivity index (χ0n) is 18.9. The van der Waals surface area contributed by atoms with Crippen molar-refractivity contribution in [2.24, 2.45) is 11.0 Å². The summed E-state index contributed by atoms with van der Waals surface area (Å²) < 4.78 is 6.12. The smallest absolute Gasteiger partial charge is 0.410 e. The Morgan fingerprint density at radius 1 is 1.24 bits per heavy atom. The molecule has 0 radical (unpaired) electrons. The molecule has 174 valence electrons. The molecule has 1 fully saturated rings. The number of hydrogen-bond donors (Lipinski definition) is 4. The van der Waals surface area contributed by atoms with E-state index in [0.29, 0.717) is 19.1 Å². The van der Waals surface area contributed by atoms with Gasteiger partial charge < -0.3 is 15.2 Å². The van der Waals surface area contributed by atoms with Crippen LogP contribution < -0.4 is 15.4 Å². The van der Waals surface area contributed by atoms with E-state index in [1.807, 2.05) is 36.4 Å². The van der Waals surface area contributed by atoms with Crippen LogP contribution >= 0.6 is 0 Å². The molecular formula is C25H31N5O3. The van der Waals surface area contributed by atoms with Gasteiger partial charge in [-0.2, -0.15) is 5.10 Å². The van der Waals surface area contributed by atoms with Crippen LogP contribution in [0.2, 0.25) is 0 Å². The maximum atomic E-state index is 10.9. The first-order valence-electron chi connectivity index (χ1n) is 11.4. The van der Waals surface area contributed by atoms with Crippen molar-refractivity contribution in [1.29, 1.82) is 5.41 Å². The monoisotopic (exact) mass is 449 g/mol. The van der Waals surface area contributed by atoms with E-state index in [4.69, 9.17) is 20.4 Å². The van der Waals surface area contributed by atoms with Crippen molar-refractivity contribution in [2.75, 3.05) is 26.2 Å². The normalized spacial score (nSPS) is 19.0. The zero-order chi connectivity index (χ0) is 23.2. The number of carboxylic acid groups (broad SMARTS) is 1. The molecule has 2 heterocycles. The van der Waals surface area contributed by atoms with Crippen molar-refractivity contribution >= 4 is 17.6 Å². The molecule has 1 atom stereocenters. The molecule has 1 saturated heterocycles. The highest BCUT2D eigenvalue weighted by Crippen LogP contribution is 2.28. The van der Waals surface area contributed by atoms with Gasteiger partial charge in [0.05, 0.1) is 18.4 Å². The van der Waals surface area contributed by atoms with Gasteiger partial charge in [0.15, 0.2) is 0 Å². The average Bonchev–Trinajstić information content (AvgIpc) is 2.83. The Labute approximate surface area is 194 Å². The molecule has 2 aliphatic rings. The summed E-state index contributed by atoms with van der Waals surface area (Å²) >= 11 is 0. The first kappa shape index (κ1) is 22.8. The minimum Gasteiger partial charge on any atom is -0.493 e. The number of hydrazone groups is 1. The Kier molecular flexibility index (Phi) is 7.24. The van der Waals surface area contributed by atoms with E-state index < -0.39 is 12.1 Å². The largest absolute Gasteiger partial charge is 0.493 e. The standard InChI is InChI=1S/C25H31N5O3/c1-17(19-5-3-2-4-6-19)29-30-13-10-18(11-14-30)16-33-21-8-7-20-9-12-27-23(22(20)15-21)24(26)28-25(31)32/h2-8,15,18,23,27H,9-14,16H2,1H3,(H2,26,28)(H,31,32)/b29-17+. The number of nitrogens with zero attached hydrogens (tertiary/aromatic N) is 2. The van der Waals surface area contributed by atoms with Gasteiger partial charge in [-0.3, -0.25) is 15.7 Å². The van der Waals surface area contributed by atoms with Crippen LogP contribution in [-0.4, -0.2) is 54.0 Å². The second kappa shape index (κ2) is 10.5. The number of amidine groups is 1. The molecule has 8 heteroatoms. The Morgan fingerprint density at radius 3 is 2.73 bits per heavy atom. The maximum Gasteiger partial charge on any atom is 0.410 e. The molecule has 2 aromatic carbocycles. The molecule has 0 bridgehead atoms. The van der Waals surface area contributed by atoms with Crippen LogP contribution in [0.1, 0.15) is 42.5 Å². The third kappa shape index (κ3) is 5.90. The summed E-state index contributed by atoms with van der Waals surface area (Å²) in [6.07, 6.45) is 1.66. The third-order valence-corrected chi connectivity index (χ3v) is 6.26. The van der Waals surface area contributed by atoms with E-state index in [2.05, 4.69) is 34.7 Å². The number of amides is 1. The van der Waals surface area contributed by atoms with Crippen LogP contribution in [0.3, 0.4) is 0 Å². The highest BCUT2D eigenvalue weighted by Gasteiger charge is 2.25. The van der Waals surface area contributed by atoms with Crippen LogP contribution in [0.4, 0.5) is 4.79 Å². The van der Waals surface area contributed by atoms with Crippen LogP contribution in [0.25, 0.3) is 0 Å². The Balaban J connectivity index is 1.31. The molecule has 2 aromatic rings. The van der Waals surface area contributed by atoms with E-state index in [9.17, 15) is 4.79 Å². The van der Waals surface area contributed by atoms with E-state index >= 15 is 0 Å². The number of carbonyl (C=O) groups is 1. The summed E-state index contributed by atoms with van der Waals surface area (Å²) in [7, 11) is 0. The lowest BCUT2D eigenvalue weighted by molar-refractivity contribution is 0.145. The minimum absolute atomic E-state index is 0.0701. The average molecular weight is 450 g/mol. The van der Waals surface area contributed by atoms with Gasteiger partial charge in [0.1, 0.15) is 11.6 Å². The lowest BCUT2D eigenvalue weighted by atomic mass is 9.93. The Hall–Kier alpha value is -3.39. The van der Waals surface area contributed by atoms with Gasteiger partial charge >= 0.3 is 6.09 Å². The fraction of sp³-hybridized carbons (Fsp3) is 0.400. The van der Waals surface area contributed by atoms with Gasteiger partial charge in [0.2, 0.25) is 0 Å². The predicted molar refractivity (Wildman–Crippen MR) is 128 cm³/mol. The lowest BCUT2D eigenvalue weighted by Crippen LogP contribution is -2.42. The summed E-state index contributed by atoms with van der Waals surface area (Å²) in [5.74, 6) is 1.15. The molecule has 8 nitrogen and oxygen atoms in total. The SMILES string of the molecule is C/C(=N\N1CCC(COc2ccc3c(c2)C(C(=N)NC(=O)O)NCC3)CC1)c1ccccc1. The second-order valence-electron chi connectivity index (χ2n) is 8.60. The molecule has 2 aliphatic heterocycles. The lowest BCUT2D eigenvalue weighted by Gasteiger charge is -2.31. The summed E-state index contributed by atoms with van der Waals surface area (Å²) in [4.78, 5) is 10.9. The second-order valence-corrected chi connectivity index (χ2v) is 8.60.